The van der Waals surface area contributed by atoms with Gasteiger partial charge >= 0.3 is 0 Å². The normalized spacial score (nSPS) is 29.5. The van der Waals surface area contributed by atoms with Gasteiger partial charge in [-0.3, -0.25) is 9.69 Å². The Balaban J connectivity index is 0.00000144. The summed E-state index contributed by atoms with van der Waals surface area (Å²) < 4.78 is 5.42. The van der Waals surface area contributed by atoms with Crippen LogP contribution in [0.15, 0.2) is 0 Å². The number of hydrogen-bond acceptors (Lipinski definition) is 4. The van der Waals surface area contributed by atoms with Crippen LogP contribution in [0, 0.1) is 11.3 Å². The minimum atomic E-state index is -0.171. The molecule has 1 amide bonds. The third kappa shape index (κ3) is 5.46. The molecule has 5 nitrogen and oxygen atoms in total. The number of nitrogens with one attached hydrogen (secondary N) is 1. The monoisotopic (exact) mass is 381 g/mol. The van der Waals surface area contributed by atoms with Crippen molar-refractivity contribution in [2.45, 2.75) is 32.6 Å². The third-order valence-electron chi connectivity index (χ3n) is 5.64. The second kappa shape index (κ2) is 10.2. The van der Waals surface area contributed by atoms with Crippen LogP contribution in [0.4, 0.5) is 0 Å². The van der Waals surface area contributed by atoms with Crippen molar-refractivity contribution in [3.8, 4) is 0 Å². The summed E-state index contributed by atoms with van der Waals surface area (Å²) in [5, 5.41) is 3.39. The molecule has 3 heterocycles. The van der Waals surface area contributed by atoms with E-state index in [2.05, 4.69) is 22.0 Å². The van der Waals surface area contributed by atoms with Crippen LogP contribution in [0.2, 0.25) is 0 Å². The van der Waals surface area contributed by atoms with E-state index in [9.17, 15) is 4.79 Å². The number of carbonyl (C=O) groups is 1. The maximum atomic E-state index is 12.8. The molecule has 3 aliphatic heterocycles. The predicted octanol–water partition coefficient (Wildman–Crippen LogP) is 1.79. The van der Waals surface area contributed by atoms with Gasteiger partial charge < -0.3 is 15.0 Å². The summed E-state index contributed by atoms with van der Waals surface area (Å²) >= 11 is 0. The second-order valence-corrected chi connectivity index (χ2v) is 7.49. The molecule has 7 heteroatoms. The molecular weight excluding hydrogens is 349 g/mol. The van der Waals surface area contributed by atoms with Gasteiger partial charge in [0.15, 0.2) is 0 Å². The summed E-state index contributed by atoms with van der Waals surface area (Å²) in [7, 11) is 0. The number of ether oxygens (including phenoxy) is 1. The van der Waals surface area contributed by atoms with Gasteiger partial charge in [0.05, 0.1) is 18.6 Å². The quantitative estimate of drug-likeness (QED) is 0.809. The molecule has 0 aromatic rings. The molecule has 24 heavy (non-hydrogen) atoms. The van der Waals surface area contributed by atoms with Crippen LogP contribution in [0.25, 0.3) is 0 Å². The van der Waals surface area contributed by atoms with Crippen molar-refractivity contribution in [2.24, 2.45) is 11.3 Å². The van der Waals surface area contributed by atoms with Crippen LogP contribution in [0.3, 0.4) is 0 Å². The maximum Gasteiger partial charge on any atom is 0.229 e. The molecular formula is C17H33Cl2N3O2. The van der Waals surface area contributed by atoms with E-state index in [1.165, 1.54) is 6.54 Å². The van der Waals surface area contributed by atoms with Gasteiger partial charge in [-0.15, -0.1) is 24.8 Å². The van der Waals surface area contributed by atoms with E-state index in [1.54, 1.807) is 0 Å². The van der Waals surface area contributed by atoms with Gasteiger partial charge in [-0.2, -0.15) is 0 Å². The lowest BCUT2D eigenvalue weighted by Crippen LogP contribution is -2.52. The van der Waals surface area contributed by atoms with Crippen LogP contribution < -0.4 is 5.32 Å². The summed E-state index contributed by atoms with van der Waals surface area (Å²) in [4.78, 5) is 17.5. The Morgan fingerprint density at radius 3 is 2.42 bits per heavy atom. The number of nitrogens with zero attached hydrogens (tertiary/aromatic N) is 2. The summed E-state index contributed by atoms with van der Waals surface area (Å²) in [5.74, 6) is 1.13. The molecule has 0 saturated carbocycles. The Hall–Kier alpha value is -0.0700. The number of morpholine rings is 1. The van der Waals surface area contributed by atoms with Crippen molar-refractivity contribution in [1.29, 1.82) is 0 Å². The molecule has 3 fully saturated rings. The van der Waals surface area contributed by atoms with Gasteiger partial charge in [-0.05, 0) is 45.1 Å². The van der Waals surface area contributed by atoms with Gasteiger partial charge in [0.2, 0.25) is 5.91 Å². The van der Waals surface area contributed by atoms with Gasteiger partial charge in [0, 0.05) is 39.3 Å². The van der Waals surface area contributed by atoms with E-state index in [0.717, 1.165) is 84.1 Å². The highest BCUT2D eigenvalue weighted by Crippen LogP contribution is 2.30. The summed E-state index contributed by atoms with van der Waals surface area (Å²) in [6.45, 7) is 11.0. The molecule has 0 aromatic carbocycles. The molecule has 0 spiro atoms. The highest BCUT2D eigenvalue weighted by molar-refractivity contribution is 5.85. The average Bonchev–Trinajstić information content (AvgIpc) is 2.56. The molecule has 3 rings (SSSR count). The fourth-order valence-corrected chi connectivity index (χ4v) is 4.09. The van der Waals surface area contributed by atoms with Crippen molar-refractivity contribution < 1.29 is 9.53 Å². The number of likely N-dealkylation sites (tertiary alicyclic amines) is 1. The largest absolute Gasteiger partial charge is 0.379 e. The minimum Gasteiger partial charge on any atom is -0.379 e. The average molecular weight is 382 g/mol. The first kappa shape index (κ1) is 22.0. The highest BCUT2D eigenvalue weighted by atomic mass is 35.5. The first-order valence-electron chi connectivity index (χ1n) is 8.98. The van der Waals surface area contributed by atoms with Crippen LogP contribution in [0.1, 0.15) is 32.6 Å². The fourth-order valence-electron chi connectivity index (χ4n) is 4.09. The van der Waals surface area contributed by atoms with Crippen molar-refractivity contribution in [2.75, 3.05) is 59.0 Å². The molecule has 0 bridgehead atoms. The fraction of sp³-hybridized carbons (Fsp3) is 0.941. The van der Waals surface area contributed by atoms with Crippen LogP contribution in [-0.2, 0) is 9.53 Å². The first-order chi connectivity index (χ1) is 10.7. The van der Waals surface area contributed by atoms with Gasteiger partial charge in [-0.25, -0.2) is 0 Å². The minimum absolute atomic E-state index is 0. The number of halogens is 2. The lowest BCUT2D eigenvalue weighted by molar-refractivity contribution is -0.143. The zero-order valence-electron chi connectivity index (χ0n) is 14.8. The zero-order valence-corrected chi connectivity index (χ0v) is 16.4. The Labute approximate surface area is 158 Å². The van der Waals surface area contributed by atoms with E-state index in [1.807, 2.05) is 0 Å². The lowest BCUT2D eigenvalue weighted by Gasteiger charge is -2.41. The number of carbonyl (C=O) groups excluding carboxylic acids is 1. The zero-order chi connectivity index (χ0) is 15.4. The number of hydrogen-bond donors (Lipinski definition) is 1. The van der Waals surface area contributed by atoms with E-state index in [0.29, 0.717) is 5.91 Å². The Morgan fingerprint density at radius 2 is 1.83 bits per heavy atom. The van der Waals surface area contributed by atoms with E-state index >= 15 is 0 Å². The Bertz CT molecular complexity index is 378. The maximum absolute atomic E-state index is 12.8. The molecule has 0 aromatic heterocycles. The summed E-state index contributed by atoms with van der Waals surface area (Å²) in [5.41, 5.74) is -0.171. The van der Waals surface area contributed by atoms with Crippen molar-refractivity contribution >= 4 is 30.7 Å². The number of amides is 1. The van der Waals surface area contributed by atoms with Crippen molar-refractivity contribution in [3.63, 3.8) is 0 Å². The summed E-state index contributed by atoms with van der Waals surface area (Å²) in [6, 6.07) is 0. The molecule has 1 atom stereocenters. The van der Waals surface area contributed by atoms with E-state index in [4.69, 9.17) is 4.74 Å². The Kier molecular flexibility index (Phi) is 9.31. The van der Waals surface area contributed by atoms with E-state index < -0.39 is 0 Å². The van der Waals surface area contributed by atoms with Crippen molar-refractivity contribution in [1.82, 2.24) is 15.1 Å². The Morgan fingerprint density at radius 1 is 1.17 bits per heavy atom. The molecule has 3 aliphatic rings. The SMILES string of the molecule is CC1(C(=O)N2CCC(CN3CCOCC3)CC2)CCCNC1.Cl.Cl. The number of rotatable bonds is 3. The first-order valence-corrected chi connectivity index (χ1v) is 8.98. The van der Waals surface area contributed by atoms with Gasteiger partial charge in [0.25, 0.3) is 0 Å². The molecule has 142 valence electrons. The molecule has 3 saturated heterocycles. The van der Waals surface area contributed by atoms with Crippen LogP contribution in [0.5, 0.6) is 0 Å². The van der Waals surface area contributed by atoms with Crippen LogP contribution >= 0.6 is 24.8 Å². The number of piperidine rings is 2. The molecule has 0 radical (unpaired) electrons. The highest BCUT2D eigenvalue weighted by Gasteiger charge is 2.38. The van der Waals surface area contributed by atoms with Gasteiger partial charge in [0.1, 0.15) is 0 Å². The van der Waals surface area contributed by atoms with E-state index in [-0.39, 0.29) is 30.2 Å². The van der Waals surface area contributed by atoms with Gasteiger partial charge in [-0.1, -0.05) is 0 Å². The molecule has 1 N–H and O–H groups in total. The summed E-state index contributed by atoms with van der Waals surface area (Å²) in [6.07, 6.45) is 4.47. The smallest absolute Gasteiger partial charge is 0.229 e. The predicted molar refractivity (Wildman–Crippen MR) is 101 cm³/mol. The molecule has 1 unspecified atom stereocenters. The standard InChI is InChI=1S/C17H31N3O2.2ClH/c1-17(5-2-6-18-14-17)16(21)20-7-3-15(4-8-20)13-19-9-11-22-12-10-19;;/h15,18H,2-14H2,1H3;2*1H. The second-order valence-electron chi connectivity index (χ2n) is 7.49. The topological polar surface area (TPSA) is 44.8 Å². The lowest BCUT2D eigenvalue weighted by atomic mass is 9.80. The van der Waals surface area contributed by atoms with Crippen molar-refractivity contribution in [3.05, 3.63) is 0 Å². The van der Waals surface area contributed by atoms with Crippen LogP contribution in [-0.4, -0.2) is 74.7 Å². The molecule has 0 aliphatic carbocycles. The third-order valence-corrected chi connectivity index (χ3v) is 5.64.